The van der Waals surface area contributed by atoms with Crippen molar-refractivity contribution in [3.8, 4) is 11.1 Å². The average Bonchev–Trinajstić information content (AvgIpc) is 3.71. The van der Waals surface area contributed by atoms with Crippen molar-refractivity contribution < 1.29 is 0 Å². The molecule has 0 fully saturated rings. The molecule has 1 aliphatic rings. The normalized spacial score (nSPS) is 12.6. The van der Waals surface area contributed by atoms with E-state index in [4.69, 9.17) is 9.97 Å². The van der Waals surface area contributed by atoms with Crippen LogP contribution in [0.3, 0.4) is 0 Å². The van der Waals surface area contributed by atoms with E-state index in [1.165, 1.54) is 49.7 Å². The highest BCUT2D eigenvalue weighted by molar-refractivity contribution is 6.19. The third kappa shape index (κ3) is 6.01. The molecule has 0 aliphatic heterocycles. The molecule has 0 unspecified atom stereocenters. The predicted molar refractivity (Wildman–Crippen MR) is 283 cm³/mol. The average molecular weight is 869 g/mol. The summed E-state index contributed by atoms with van der Waals surface area (Å²) in [6, 6.07) is 86.4. The van der Waals surface area contributed by atoms with Gasteiger partial charge in [0, 0.05) is 45.3 Å². The standard InChI is InChI=1S/C64H44N4/c1-43-20-15-27-47(40-43)64(46-25-5-2-6-26-46)54-41-58(67(48-28-7-3-8-29-48)56-36-16-21-44-23-18-38-65-62(44)56)50-32-11-13-34-52(50)60(54)61-53-35-14-12-33-51(53)59(42-55(61)64)68(49-30-9-4-10-31-49)57-37-17-22-45-24-19-39-66-63(45)57/h2-42H,1H3. The second kappa shape index (κ2) is 15.9. The fraction of sp³-hybridized carbons (Fsp3) is 0.0312. The lowest BCUT2D eigenvalue weighted by atomic mass is 9.67. The van der Waals surface area contributed by atoms with E-state index in [0.717, 1.165) is 66.7 Å². The van der Waals surface area contributed by atoms with Gasteiger partial charge < -0.3 is 9.80 Å². The van der Waals surface area contributed by atoms with E-state index in [2.05, 4.69) is 241 Å². The van der Waals surface area contributed by atoms with Crippen LogP contribution in [0.2, 0.25) is 0 Å². The van der Waals surface area contributed by atoms with Crippen LogP contribution in [-0.4, -0.2) is 9.97 Å². The summed E-state index contributed by atoms with van der Waals surface area (Å²) in [5.74, 6) is 0. The maximum atomic E-state index is 5.05. The molecule has 0 N–H and O–H groups in total. The monoisotopic (exact) mass is 868 g/mol. The maximum absolute atomic E-state index is 5.05. The van der Waals surface area contributed by atoms with Gasteiger partial charge in [-0.1, -0.05) is 181 Å². The molecule has 68 heavy (non-hydrogen) atoms. The van der Waals surface area contributed by atoms with Crippen LogP contribution in [0.4, 0.5) is 34.1 Å². The number of benzene rings is 10. The van der Waals surface area contributed by atoms with Gasteiger partial charge in [0.15, 0.2) is 0 Å². The fourth-order valence-electron chi connectivity index (χ4n) is 11.2. The SMILES string of the molecule is Cc1cccc(C2(c3ccccc3)c3cc(N(c4ccccc4)c4cccc5cccnc45)c4ccccc4c3-c3c2cc(N(c2ccccc2)c2cccc4cccnc24)c2ccccc32)c1. The Hall–Kier alpha value is -8.86. The summed E-state index contributed by atoms with van der Waals surface area (Å²) in [4.78, 5) is 15.0. The lowest BCUT2D eigenvalue weighted by molar-refractivity contribution is 0.768. The Balaban J connectivity index is 1.22. The first-order chi connectivity index (χ1) is 33.7. The second-order valence-electron chi connectivity index (χ2n) is 17.8. The number of rotatable bonds is 8. The summed E-state index contributed by atoms with van der Waals surface area (Å²) >= 11 is 0. The minimum Gasteiger partial charge on any atom is -0.308 e. The molecule has 0 atom stereocenters. The van der Waals surface area contributed by atoms with Gasteiger partial charge in [-0.05, 0) is 112 Å². The van der Waals surface area contributed by atoms with E-state index in [-0.39, 0.29) is 0 Å². The van der Waals surface area contributed by atoms with Crippen molar-refractivity contribution >= 4 is 77.5 Å². The van der Waals surface area contributed by atoms with Crippen LogP contribution in [0.5, 0.6) is 0 Å². The number of hydrogen-bond acceptors (Lipinski definition) is 4. The molecular weight excluding hydrogens is 825 g/mol. The Bertz CT molecular complexity index is 3660. The molecule has 320 valence electrons. The lowest BCUT2D eigenvalue weighted by Gasteiger charge is -2.36. The molecular formula is C64H44N4. The molecule has 0 radical (unpaired) electrons. The van der Waals surface area contributed by atoms with Crippen molar-refractivity contribution in [3.63, 3.8) is 0 Å². The molecule has 0 bridgehead atoms. The number of aromatic nitrogens is 2. The highest BCUT2D eigenvalue weighted by Gasteiger charge is 2.49. The zero-order valence-corrected chi connectivity index (χ0v) is 37.5. The molecule has 4 nitrogen and oxygen atoms in total. The molecule has 12 aromatic rings. The maximum Gasteiger partial charge on any atom is 0.0942 e. The van der Waals surface area contributed by atoms with Crippen molar-refractivity contribution in [3.05, 3.63) is 277 Å². The first-order valence-electron chi connectivity index (χ1n) is 23.3. The molecule has 0 spiro atoms. The Morgan fingerprint density at radius 1 is 0.338 bits per heavy atom. The van der Waals surface area contributed by atoms with Gasteiger partial charge in [0.25, 0.3) is 0 Å². The van der Waals surface area contributed by atoms with Crippen LogP contribution in [-0.2, 0) is 5.41 Å². The van der Waals surface area contributed by atoms with Gasteiger partial charge in [0.2, 0.25) is 0 Å². The van der Waals surface area contributed by atoms with E-state index in [1.54, 1.807) is 0 Å². The topological polar surface area (TPSA) is 32.3 Å². The van der Waals surface area contributed by atoms with Crippen LogP contribution in [0.25, 0.3) is 54.5 Å². The van der Waals surface area contributed by atoms with E-state index < -0.39 is 5.41 Å². The smallest absolute Gasteiger partial charge is 0.0942 e. The Kier molecular flexibility index (Phi) is 9.26. The van der Waals surface area contributed by atoms with Gasteiger partial charge in [0.1, 0.15) is 0 Å². The number of fused-ring (bicyclic) bond motifs is 9. The Morgan fingerprint density at radius 2 is 0.750 bits per heavy atom. The molecule has 2 aromatic heterocycles. The van der Waals surface area contributed by atoms with Gasteiger partial charge in [-0.3, -0.25) is 9.97 Å². The lowest BCUT2D eigenvalue weighted by Crippen LogP contribution is -2.29. The molecule has 0 saturated heterocycles. The molecule has 2 heterocycles. The van der Waals surface area contributed by atoms with Crippen LogP contribution >= 0.6 is 0 Å². The first-order valence-corrected chi connectivity index (χ1v) is 23.3. The van der Waals surface area contributed by atoms with E-state index in [1.807, 2.05) is 24.5 Å². The van der Waals surface area contributed by atoms with Crippen LogP contribution < -0.4 is 9.80 Å². The van der Waals surface area contributed by atoms with Gasteiger partial charge in [-0.15, -0.1) is 0 Å². The first kappa shape index (κ1) is 39.5. The molecule has 0 amide bonds. The molecule has 1 aliphatic carbocycles. The highest BCUT2D eigenvalue weighted by Crippen LogP contribution is 2.63. The summed E-state index contributed by atoms with van der Waals surface area (Å²) in [7, 11) is 0. The zero-order valence-electron chi connectivity index (χ0n) is 37.5. The van der Waals surface area contributed by atoms with E-state index in [9.17, 15) is 0 Å². The zero-order chi connectivity index (χ0) is 45.2. The molecule has 4 heteroatoms. The number of aryl methyl sites for hydroxylation is 1. The highest BCUT2D eigenvalue weighted by atomic mass is 15.2. The van der Waals surface area contributed by atoms with E-state index in [0.29, 0.717) is 0 Å². The van der Waals surface area contributed by atoms with Crippen LogP contribution in [0.1, 0.15) is 27.8 Å². The fourth-order valence-corrected chi connectivity index (χ4v) is 11.2. The number of anilines is 6. The van der Waals surface area contributed by atoms with Gasteiger partial charge >= 0.3 is 0 Å². The number of pyridine rings is 2. The Labute approximate surface area is 395 Å². The third-order valence-corrected chi connectivity index (χ3v) is 14.0. The molecule has 10 aromatic carbocycles. The second-order valence-corrected chi connectivity index (χ2v) is 17.8. The van der Waals surface area contributed by atoms with Crippen LogP contribution in [0, 0.1) is 6.92 Å². The summed E-state index contributed by atoms with van der Waals surface area (Å²) < 4.78 is 0. The van der Waals surface area contributed by atoms with Crippen molar-refractivity contribution in [1.82, 2.24) is 9.97 Å². The molecule has 13 rings (SSSR count). The summed E-state index contributed by atoms with van der Waals surface area (Å²) in [5.41, 5.74) is 16.0. The predicted octanol–water partition coefficient (Wildman–Crippen LogP) is 16.7. The van der Waals surface area contributed by atoms with Crippen LogP contribution in [0.15, 0.2) is 249 Å². The number of para-hydroxylation sites is 4. The third-order valence-electron chi connectivity index (χ3n) is 14.0. The number of nitrogens with zero attached hydrogens (tertiary/aromatic N) is 4. The minimum atomic E-state index is -0.770. The van der Waals surface area contributed by atoms with E-state index >= 15 is 0 Å². The Morgan fingerprint density at radius 3 is 1.24 bits per heavy atom. The van der Waals surface area contributed by atoms with Crippen molar-refractivity contribution in [1.29, 1.82) is 0 Å². The van der Waals surface area contributed by atoms with Gasteiger partial charge in [-0.25, -0.2) is 0 Å². The largest absolute Gasteiger partial charge is 0.308 e. The van der Waals surface area contributed by atoms with Crippen molar-refractivity contribution in [2.75, 3.05) is 9.80 Å². The quantitative estimate of drug-likeness (QED) is 0.152. The summed E-state index contributed by atoms with van der Waals surface area (Å²) in [6.45, 7) is 2.21. The van der Waals surface area contributed by atoms with Gasteiger partial charge in [0.05, 0.1) is 39.2 Å². The van der Waals surface area contributed by atoms with Gasteiger partial charge in [-0.2, -0.15) is 0 Å². The summed E-state index contributed by atoms with van der Waals surface area (Å²) in [5, 5.41) is 6.87. The van der Waals surface area contributed by atoms with Crippen molar-refractivity contribution in [2.45, 2.75) is 12.3 Å². The molecule has 0 saturated carbocycles. The summed E-state index contributed by atoms with van der Waals surface area (Å²) in [6.07, 6.45) is 3.81. The number of hydrogen-bond donors (Lipinski definition) is 0. The minimum absolute atomic E-state index is 0.770. The van der Waals surface area contributed by atoms with Crippen molar-refractivity contribution in [2.24, 2.45) is 0 Å².